The summed E-state index contributed by atoms with van der Waals surface area (Å²) in [6.07, 6.45) is 4.16. The topological polar surface area (TPSA) is 38.8 Å². The summed E-state index contributed by atoms with van der Waals surface area (Å²) in [5, 5.41) is 0. The van der Waals surface area contributed by atoms with Crippen LogP contribution in [0.1, 0.15) is 31.7 Å². The van der Waals surface area contributed by atoms with Crippen molar-refractivity contribution in [1.82, 2.24) is 4.90 Å². The summed E-state index contributed by atoms with van der Waals surface area (Å²) < 4.78 is 11.3. The van der Waals surface area contributed by atoms with Crippen LogP contribution in [0.4, 0.5) is 0 Å². The van der Waals surface area contributed by atoms with Crippen LogP contribution in [0, 0.1) is 5.92 Å². The van der Waals surface area contributed by atoms with Gasteiger partial charge in [0.05, 0.1) is 19.3 Å². The van der Waals surface area contributed by atoms with Crippen LogP contribution in [0.15, 0.2) is 24.3 Å². The van der Waals surface area contributed by atoms with Gasteiger partial charge in [0, 0.05) is 19.5 Å². The van der Waals surface area contributed by atoms with E-state index >= 15 is 0 Å². The molecule has 0 bridgehead atoms. The number of benzene rings is 1. The van der Waals surface area contributed by atoms with Crippen LogP contribution in [0.5, 0.6) is 5.75 Å². The van der Waals surface area contributed by atoms with Gasteiger partial charge in [0.2, 0.25) is 5.91 Å². The first kappa shape index (κ1) is 15.3. The SMILES string of the molecule is COc1ccccc1CCC(=O)N1C[C@H](C)O[C@@H](C2CC2)C1. The highest BCUT2D eigenvalue weighted by Crippen LogP contribution is 2.36. The highest BCUT2D eigenvalue weighted by atomic mass is 16.5. The minimum absolute atomic E-state index is 0.148. The average molecular weight is 303 g/mol. The van der Waals surface area contributed by atoms with Crippen molar-refractivity contribution < 1.29 is 14.3 Å². The van der Waals surface area contributed by atoms with Crippen molar-refractivity contribution >= 4 is 5.91 Å². The van der Waals surface area contributed by atoms with E-state index in [0.29, 0.717) is 18.9 Å². The van der Waals surface area contributed by atoms with E-state index in [4.69, 9.17) is 9.47 Å². The summed E-state index contributed by atoms with van der Waals surface area (Å²) in [6.45, 7) is 3.54. The summed E-state index contributed by atoms with van der Waals surface area (Å²) in [7, 11) is 1.67. The van der Waals surface area contributed by atoms with Crippen LogP contribution < -0.4 is 4.74 Å². The number of aryl methyl sites for hydroxylation is 1. The number of rotatable bonds is 5. The van der Waals surface area contributed by atoms with Crippen molar-refractivity contribution in [2.75, 3.05) is 20.2 Å². The van der Waals surface area contributed by atoms with Gasteiger partial charge in [-0.3, -0.25) is 4.79 Å². The fourth-order valence-electron chi connectivity index (χ4n) is 3.23. The Bertz CT molecular complexity index is 527. The maximum Gasteiger partial charge on any atom is 0.223 e. The average Bonchev–Trinajstić information content (AvgIpc) is 3.37. The van der Waals surface area contributed by atoms with E-state index in [0.717, 1.165) is 24.3 Å². The van der Waals surface area contributed by atoms with Gasteiger partial charge in [-0.2, -0.15) is 0 Å². The predicted octanol–water partition coefficient (Wildman–Crippen LogP) is 2.65. The lowest BCUT2D eigenvalue weighted by Crippen LogP contribution is -2.49. The van der Waals surface area contributed by atoms with Crippen LogP contribution in [-0.4, -0.2) is 43.2 Å². The Labute approximate surface area is 132 Å². The number of para-hydroxylation sites is 1. The second-order valence-electron chi connectivity index (χ2n) is 6.43. The second kappa shape index (κ2) is 6.69. The van der Waals surface area contributed by atoms with E-state index in [1.807, 2.05) is 29.2 Å². The highest BCUT2D eigenvalue weighted by Gasteiger charge is 2.38. The number of morpholine rings is 1. The molecule has 1 aliphatic heterocycles. The van der Waals surface area contributed by atoms with Crippen molar-refractivity contribution in [3.05, 3.63) is 29.8 Å². The first-order valence-electron chi connectivity index (χ1n) is 8.22. The van der Waals surface area contributed by atoms with Crippen molar-refractivity contribution in [3.63, 3.8) is 0 Å². The smallest absolute Gasteiger partial charge is 0.223 e. The number of hydrogen-bond acceptors (Lipinski definition) is 3. The quantitative estimate of drug-likeness (QED) is 0.839. The van der Waals surface area contributed by atoms with E-state index in [1.54, 1.807) is 7.11 Å². The molecule has 22 heavy (non-hydrogen) atoms. The van der Waals surface area contributed by atoms with Crippen molar-refractivity contribution in [2.45, 2.75) is 44.8 Å². The zero-order valence-corrected chi connectivity index (χ0v) is 13.5. The van der Waals surface area contributed by atoms with E-state index in [9.17, 15) is 4.79 Å². The number of methoxy groups -OCH3 is 1. The molecule has 2 fully saturated rings. The summed E-state index contributed by atoms with van der Waals surface area (Å²) in [5.74, 6) is 1.76. The molecule has 2 atom stereocenters. The van der Waals surface area contributed by atoms with Gasteiger partial charge in [-0.25, -0.2) is 0 Å². The van der Waals surface area contributed by atoms with Crippen molar-refractivity contribution in [2.24, 2.45) is 5.92 Å². The van der Waals surface area contributed by atoms with Crippen molar-refractivity contribution in [1.29, 1.82) is 0 Å². The first-order chi connectivity index (χ1) is 10.7. The monoisotopic (exact) mass is 303 g/mol. The van der Waals surface area contributed by atoms with E-state index in [2.05, 4.69) is 6.92 Å². The van der Waals surface area contributed by atoms with Gasteiger partial charge < -0.3 is 14.4 Å². The third-order valence-corrected chi connectivity index (χ3v) is 4.59. The van der Waals surface area contributed by atoms with Gasteiger partial charge in [0.15, 0.2) is 0 Å². The van der Waals surface area contributed by atoms with Gasteiger partial charge in [-0.15, -0.1) is 0 Å². The van der Waals surface area contributed by atoms with Crippen LogP contribution in [0.25, 0.3) is 0 Å². The molecule has 120 valence electrons. The summed E-state index contributed by atoms with van der Waals surface area (Å²) in [6, 6.07) is 7.91. The summed E-state index contributed by atoms with van der Waals surface area (Å²) in [5.41, 5.74) is 1.10. The molecule has 1 heterocycles. The Kier molecular flexibility index (Phi) is 4.67. The molecule has 0 radical (unpaired) electrons. The second-order valence-corrected chi connectivity index (χ2v) is 6.43. The predicted molar refractivity (Wildman–Crippen MR) is 85.0 cm³/mol. The minimum atomic E-state index is 0.148. The molecule has 1 aliphatic carbocycles. The minimum Gasteiger partial charge on any atom is -0.496 e. The normalized spacial score (nSPS) is 25.1. The number of carbonyl (C=O) groups is 1. The van der Waals surface area contributed by atoms with E-state index in [-0.39, 0.29) is 18.1 Å². The molecule has 4 nitrogen and oxygen atoms in total. The molecule has 1 aromatic rings. The van der Waals surface area contributed by atoms with Gasteiger partial charge in [-0.05, 0) is 43.7 Å². The number of nitrogens with zero attached hydrogens (tertiary/aromatic N) is 1. The lowest BCUT2D eigenvalue weighted by Gasteiger charge is -2.37. The number of ether oxygens (including phenoxy) is 2. The molecule has 1 aromatic carbocycles. The molecule has 1 amide bonds. The Hall–Kier alpha value is -1.55. The Morgan fingerprint density at radius 3 is 2.82 bits per heavy atom. The fraction of sp³-hybridized carbons (Fsp3) is 0.611. The molecule has 1 saturated carbocycles. The van der Waals surface area contributed by atoms with Gasteiger partial charge in [0.25, 0.3) is 0 Å². The third-order valence-electron chi connectivity index (χ3n) is 4.59. The van der Waals surface area contributed by atoms with Crippen molar-refractivity contribution in [3.8, 4) is 5.75 Å². The number of carbonyl (C=O) groups excluding carboxylic acids is 1. The maximum atomic E-state index is 12.5. The molecule has 0 N–H and O–H groups in total. The Morgan fingerprint density at radius 2 is 2.09 bits per heavy atom. The van der Waals surface area contributed by atoms with Gasteiger partial charge in [0.1, 0.15) is 5.75 Å². The molecule has 2 aliphatic rings. The first-order valence-corrected chi connectivity index (χ1v) is 8.22. The molecule has 0 unspecified atom stereocenters. The van der Waals surface area contributed by atoms with Crippen LogP contribution in [-0.2, 0) is 16.0 Å². The molecule has 3 rings (SSSR count). The fourth-order valence-corrected chi connectivity index (χ4v) is 3.23. The Morgan fingerprint density at radius 1 is 1.32 bits per heavy atom. The largest absolute Gasteiger partial charge is 0.496 e. The van der Waals surface area contributed by atoms with Crippen LogP contribution >= 0.6 is 0 Å². The molecule has 0 aromatic heterocycles. The molecular weight excluding hydrogens is 278 g/mol. The summed E-state index contributed by atoms with van der Waals surface area (Å²) >= 11 is 0. The zero-order chi connectivity index (χ0) is 15.5. The maximum absolute atomic E-state index is 12.5. The van der Waals surface area contributed by atoms with Gasteiger partial charge in [-0.1, -0.05) is 18.2 Å². The number of hydrogen-bond donors (Lipinski definition) is 0. The lowest BCUT2D eigenvalue weighted by atomic mass is 10.1. The highest BCUT2D eigenvalue weighted by molar-refractivity contribution is 5.76. The molecule has 0 spiro atoms. The molecule has 4 heteroatoms. The lowest BCUT2D eigenvalue weighted by molar-refractivity contribution is -0.145. The molecular formula is C18H25NO3. The summed E-state index contributed by atoms with van der Waals surface area (Å²) in [4.78, 5) is 14.5. The number of amides is 1. The third kappa shape index (κ3) is 3.61. The Balaban J connectivity index is 1.56. The standard InChI is InChI=1S/C18H25NO3/c1-13-11-19(12-17(22-13)15-7-8-15)18(20)10-9-14-5-3-4-6-16(14)21-2/h3-6,13,15,17H,7-12H2,1-2H3/t13-,17+/m0/s1. The van der Waals surface area contributed by atoms with Crippen LogP contribution in [0.2, 0.25) is 0 Å². The zero-order valence-electron chi connectivity index (χ0n) is 13.5. The van der Waals surface area contributed by atoms with E-state index in [1.165, 1.54) is 12.8 Å². The van der Waals surface area contributed by atoms with Gasteiger partial charge >= 0.3 is 0 Å². The molecule has 1 saturated heterocycles. The van der Waals surface area contributed by atoms with Crippen LogP contribution in [0.3, 0.4) is 0 Å². The van der Waals surface area contributed by atoms with E-state index < -0.39 is 0 Å².